The fourth-order valence-electron chi connectivity index (χ4n) is 0.800. The van der Waals surface area contributed by atoms with Gasteiger partial charge in [0, 0.05) is 6.42 Å². The summed E-state index contributed by atoms with van der Waals surface area (Å²) in [5, 5.41) is 17.5. The molecule has 0 aliphatic carbocycles. The van der Waals surface area contributed by atoms with E-state index in [-0.39, 0.29) is 12.3 Å². The maximum absolute atomic E-state index is 11.1. The number of rotatable bonds is 4. The van der Waals surface area contributed by atoms with Gasteiger partial charge in [-0.2, -0.15) is 10.1 Å². The van der Waals surface area contributed by atoms with Crippen LogP contribution in [0.15, 0.2) is 6.33 Å². The number of hydrogen-bond acceptors (Lipinski definition) is 4. The first-order valence-electron chi connectivity index (χ1n) is 4.02. The molecule has 0 bridgehead atoms. The van der Waals surface area contributed by atoms with Crippen molar-refractivity contribution >= 4 is 11.9 Å². The summed E-state index contributed by atoms with van der Waals surface area (Å²) in [6.45, 7) is 1.64. The first-order valence-corrected chi connectivity index (χ1v) is 4.02. The molecule has 1 aromatic heterocycles. The molecule has 0 saturated heterocycles. The third-order valence-corrected chi connectivity index (χ3v) is 1.46. The molecule has 1 amide bonds. The molecular weight excluding hydrogens is 172 g/mol. The summed E-state index contributed by atoms with van der Waals surface area (Å²) in [6, 6.07) is 0. The van der Waals surface area contributed by atoms with Crippen LogP contribution < -0.4 is 5.32 Å². The normalized spacial score (nSPS) is 12.5. The van der Waals surface area contributed by atoms with Crippen molar-refractivity contribution in [1.29, 1.82) is 0 Å². The average molecular weight is 184 g/mol. The summed E-state index contributed by atoms with van der Waals surface area (Å²) >= 11 is 0. The van der Waals surface area contributed by atoms with Gasteiger partial charge in [0.1, 0.15) is 6.33 Å². The van der Waals surface area contributed by atoms with E-state index >= 15 is 0 Å². The molecule has 1 atom stereocenters. The zero-order chi connectivity index (χ0) is 9.68. The minimum atomic E-state index is -0.458. The van der Waals surface area contributed by atoms with Crippen molar-refractivity contribution in [2.75, 3.05) is 5.32 Å². The smallest absolute Gasteiger partial charge is 0.226 e. The average Bonchev–Trinajstić information content (AvgIpc) is 2.53. The summed E-state index contributed by atoms with van der Waals surface area (Å²) < 4.78 is 0. The van der Waals surface area contributed by atoms with Crippen molar-refractivity contribution in [3.8, 4) is 0 Å². The van der Waals surface area contributed by atoms with Gasteiger partial charge < -0.3 is 5.11 Å². The largest absolute Gasteiger partial charge is 0.393 e. The van der Waals surface area contributed by atoms with Crippen LogP contribution in [0.5, 0.6) is 0 Å². The Morgan fingerprint density at radius 3 is 3.15 bits per heavy atom. The van der Waals surface area contributed by atoms with Crippen LogP contribution in [0.3, 0.4) is 0 Å². The highest BCUT2D eigenvalue weighted by atomic mass is 16.3. The van der Waals surface area contributed by atoms with Crippen LogP contribution in [0, 0.1) is 0 Å². The Morgan fingerprint density at radius 2 is 2.62 bits per heavy atom. The number of anilines is 1. The molecule has 1 rings (SSSR count). The molecule has 0 aromatic carbocycles. The molecule has 13 heavy (non-hydrogen) atoms. The quantitative estimate of drug-likeness (QED) is 0.609. The second kappa shape index (κ2) is 4.56. The molecule has 0 aliphatic heterocycles. The number of aliphatic hydroxyl groups is 1. The molecule has 1 unspecified atom stereocenters. The van der Waals surface area contributed by atoms with Crippen molar-refractivity contribution < 1.29 is 9.90 Å². The lowest BCUT2D eigenvalue weighted by Crippen LogP contribution is -2.14. The number of nitrogens with zero attached hydrogens (tertiary/aromatic N) is 2. The third-order valence-electron chi connectivity index (χ3n) is 1.46. The fourth-order valence-corrected chi connectivity index (χ4v) is 0.800. The SMILES string of the molecule is CC(O)CCC(=O)Nc1ncn[nH]1. The summed E-state index contributed by atoms with van der Waals surface area (Å²) in [7, 11) is 0. The van der Waals surface area contributed by atoms with Gasteiger partial charge in [-0.3, -0.25) is 10.1 Å². The van der Waals surface area contributed by atoms with Gasteiger partial charge in [0.25, 0.3) is 0 Å². The lowest BCUT2D eigenvalue weighted by atomic mass is 10.2. The van der Waals surface area contributed by atoms with Gasteiger partial charge in [0.05, 0.1) is 6.10 Å². The van der Waals surface area contributed by atoms with Gasteiger partial charge in [-0.25, -0.2) is 5.10 Å². The summed E-state index contributed by atoms with van der Waals surface area (Å²) in [6.07, 6.45) is 1.57. The highest BCUT2D eigenvalue weighted by Gasteiger charge is 2.05. The number of aliphatic hydroxyl groups excluding tert-OH is 1. The Balaban J connectivity index is 2.26. The van der Waals surface area contributed by atoms with E-state index in [1.807, 2.05) is 0 Å². The van der Waals surface area contributed by atoms with Gasteiger partial charge in [0.15, 0.2) is 0 Å². The Labute approximate surface area is 75.4 Å². The van der Waals surface area contributed by atoms with E-state index in [1.54, 1.807) is 6.92 Å². The molecule has 1 aromatic rings. The molecule has 0 fully saturated rings. The van der Waals surface area contributed by atoms with Crippen molar-refractivity contribution in [1.82, 2.24) is 15.2 Å². The Morgan fingerprint density at radius 1 is 1.85 bits per heavy atom. The number of nitrogens with one attached hydrogen (secondary N) is 2. The molecule has 72 valence electrons. The van der Waals surface area contributed by atoms with Crippen LogP contribution in [0.1, 0.15) is 19.8 Å². The van der Waals surface area contributed by atoms with Crippen molar-refractivity contribution in [2.45, 2.75) is 25.9 Å². The zero-order valence-electron chi connectivity index (χ0n) is 7.32. The van der Waals surface area contributed by atoms with E-state index in [1.165, 1.54) is 6.33 Å². The second-order valence-corrected chi connectivity index (χ2v) is 2.77. The van der Waals surface area contributed by atoms with Gasteiger partial charge >= 0.3 is 0 Å². The van der Waals surface area contributed by atoms with Crippen LogP contribution >= 0.6 is 0 Å². The van der Waals surface area contributed by atoms with Crippen LogP contribution in [0.25, 0.3) is 0 Å². The van der Waals surface area contributed by atoms with Crippen LogP contribution in [0.4, 0.5) is 5.95 Å². The standard InChI is InChI=1S/C7H12N4O2/c1-5(12)2-3-6(13)10-7-8-4-9-11-7/h4-5,12H,2-3H2,1H3,(H2,8,9,10,11,13). The fraction of sp³-hybridized carbons (Fsp3) is 0.571. The predicted octanol–water partition coefficient (Wildman–Crippen LogP) is -0.0958. The number of aromatic nitrogens is 3. The lowest BCUT2D eigenvalue weighted by molar-refractivity contribution is -0.116. The van der Waals surface area contributed by atoms with Gasteiger partial charge in [0.2, 0.25) is 11.9 Å². The maximum atomic E-state index is 11.1. The maximum Gasteiger partial charge on any atom is 0.226 e. The first-order chi connectivity index (χ1) is 6.18. The highest BCUT2D eigenvalue weighted by molar-refractivity contribution is 5.88. The van der Waals surface area contributed by atoms with E-state index < -0.39 is 6.10 Å². The van der Waals surface area contributed by atoms with Gasteiger partial charge in [-0.15, -0.1) is 0 Å². The molecule has 1 heterocycles. The summed E-state index contributed by atoms with van der Waals surface area (Å²) in [5.74, 6) is 0.147. The van der Waals surface area contributed by atoms with Crippen LogP contribution in [-0.4, -0.2) is 32.3 Å². The van der Waals surface area contributed by atoms with E-state index in [0.717, 1.165) is 0 Å². The van der Waals surface area contributed by atoms with E-state index in [2.05, 4.69) is 20.5 Å². The predicted molar refractivity (Wildman–Crippen MR) is 45.9 cm³/mol. The molecular formula is C7H12N4O2. The van der Waals surface area contributed by atoms with Crippen molar-refractivity contribution in [2.24, 2.45) is 0 Å². The molecule has 6 heteroatoms. The summed E-state index contributed by atoms with van der Waals surface area (Å²) in [4.78, 5) is 14.8. The Kier molecular flexibility index (Phi) is 3.39. The van der Waals surface area contributed by atoms with E-state index in [0.29, 0.717) is 12.4 Å². The molecule has 0 radical (unpaired) electrons. The number of amides is 1. The van der Waals surface area contributed by atoms with Crippen molar-refractivity contribution in [3.63, 3.8) is 0 Å². The number of aromatic amines is 1. The Bertz CT molecular complexity index is 257. The highest BCUT2D eigenvalue weighted by Crippen LogP contribution is 1.99. The van der Waals surface area contributed by atoms with E-state index in [9.17, 15) is 4.79 Å². The van der Waals surface area contributed by atoms with Gasteiger partial charge in [-0.1, -0.05) is 0 Å². The number of H-pyrrole nitrogens is 1. The zero-order valence-corrected chi connectivity index (χ0v) is 7.32. The topological polar surface area (TPSA) is 90.9 Å². The molecule has 0 saturated carbocycles. The molecule has 0 spiro atoms. The lowest BCUT2D eigenvalue weighted by Gasteiger charge is -2.02. The van der Waals surface area contributed by atoms with Crippen molar-refractivity contribution in [3.05, 3.63) is 6.33 Å². The minimum Gasteiger partial charge on any atom is -0.393 e. The molecule has 3 N–H and O–H groups in total. The minimum absolute atomic E-state index is 0.183. The Hall–Kier alpha value is -1.43. The molecule has 0 aliphatic rings. The number of carbonyl (C=O) groups excluding carboxylic acids is 1. The van der Waals surface area contributed by atoms with Gasteiger partial charge in [-0.05, 0) is 13.3 Å². The van der Waals surface area contributed by atoms with Crippen LogP contribution in [-0.2, 0) is 4.79 Å². The number of hydrogen-bond donors (Lipinski definition) is 3. The van der Waals surface area contributed by atoms with E-state index in [4.69, 9.17) is 5.11 Å². The second-order valence-electron chi connectivity index (χ2n) is 2.77. The third kappa shape index (κ3) is 3.66. The first kappa shape index (κ1) is 9.66. The number of carbonyl (C=O) groups is 1. The molecule has 6 nitrogen and oxygen atoms in total. The summed E-state index contributed by atoms with van der Waals surface area (Å²) in [5.41, 5.74) is 0. The van der Waals surface area contributed by atoms with Crippen LogP contribution in [0.2, 0.25) is 0 Å². The monoisotopic (exact) mass is 184 g/mol.